The van der Waals surface area contributed by atoms with Gasteiger partial charge < -0.3 is 9.80 Å². The zero-order valence-electron chi connectivity index (χ0n) is 13.2. The Morgan fingerprint density at radius 3 is 2.25 bits per heavy atom. The van der Waals surface area contributed by atoms with Crippen LogP contribution in [0.25, 0.3) is 0 Å². The topological polar surface area (TPSA) is 36.4 Å². The number of hydrogen-bond donors (Lipinski definition) is 0. The Bertz CT molecular complexity index is 462. The first-order valence-corrected chi connectivity index (χ1v) is 8.05. The highest BCUT2D eigenvalue weighted by Gasteiger charge is 2.25. The third-order valence-corrected chi connectivity index (χ3v) is 4.74. The van der Waals surface area contributed by atoms with E-state index in [-0.39, 0.29) is 11.3 Å². The Morgan fingerprint density at radius 2 is 1.80 bits per heavy atom. The largest absolute Gasteiger partial charge is 0.345 e. The summed E-state index contributed by atoms with van der Waals surface area (Å²) in [5.41, 5.74) is 1.19. The lowest BCUT2D eigenvalue weighted by Crippen LogP contribution is -2.49. The van der Waals surface area contributed by atoms with E-state index in [0.29, 0.717) is 6.42 Å². The standard InChI is InChI=1S/C15H25N3OS/c1-11-12(2)20-14(16-11)18-8-6-17(7-9-18)13(19)10-15(3,4)5/h6-10H2,1-5H3. The average molecular weight is 295 g/mol. The molecule has 0 aliphatic carbocycles. The fraction of sp³-hybridized carbons (Fsp3) is 0.733. The van der Waals surface area contributed by atoms with E-state index in [1.807, 2.05) is 4.90 Å². The minimum absolute atomic E-state index is 0.0672. The first kappa shape index (κ1) is 15.3. The smallest absolute Gasteiger partial charge is 0.223 e. The molecule has 1 saturated heterocycles. The van der Waals surface area contributed by atoms with E-state index >= 15 is 0 Å². The van der Waals surface area contributed by atoms with Gasteiger partial charge in [0.05, 0.1) is 5.69 Å². The van der Waals surface area contributed by atoms with Gasteiger partial charge in [-0.05, 0) is 19.3 Å². The molecule has 1 aromatic rings. The summed E-state index contributed by atoms with van der Waals surface area (Å²) in [6.45, 7) is 13.9. The van der Waals surface area contributed by atoms with Crippen LogP contribution in [0.2, 0.25) is 0 Å². The highest BCUT2D eigenvalue weighted by molar-refractivity contribution is 7.15. The van der Waals surface area contributed by atoms with Crippen molar-refractivity contribution in [1.82, 2.24) is 9.88 Å². The van der Waals surface area contributed by atoms with Gasteiger partial charge in [0.2, 0.25) is 5.91 Å². The van der Waals surface area contributed by atoms with Crippen LogP contribution < -0.4 is 4.90 Å². The summed E-state index contributed by atoms with van der Waals surface area (Å²) in [5, 5.41) is 1.10. The normalized spacial score (nSPS) is 16.6. The fourth-order valence-electron chi connectivity index (χ4n) is 2.30. The number of aryl methyl sites for hydroxylation is 2. The van der Waals surface area contributed by atoms with Crippen LogP contribution in [0, 0.1) is 19.3 Å². The van der Waals surface area contributed by atoms with Crippen molar-refractivity contribution in [3.05, 3.63) is 10.6 Å². The van der Waals surface area contributed by atoms with Crippen molar-refractivity contribution in [1.29, 1.82) is 0 Å². The number of carbonyl (C=O) groups is 1. The molecule has 2 rings (SSSR count). The molecular formula is C15H25N3OS. The molecule has 0 bridgehead atoms. The summed E-state index contributed by atoms with van der Waals surface area (Å²) in [7, 11) is 0. The van der Waals surface area contributed by atoms with E-state index in [2.05, 4.69) is 44.5 Å². The molecule has 5 heteroatoms. The van der Waals surface area contributed by atoms with Crippen LogP contribution in [-0.2, 0) is 4.79 Å². The maximum Gasteiger partial charge on any atom is 0.223 e. The van der Waals surface area contributed by atoms with Crippen LogP contribution in [0.1, 0.15) is 37.8 Å². The molecule has 20 heavy (non-hydrogen) atoms. The van der Waals surface area contributed by atoms with E-state index < -0.39 is 0 Å². The highest BCUT2D eigenvalue weighted by Crippen LogP contribution is 2.26. The van der Waals surface area contributed by atoms with Crippen LogP contribution in [0.3, 0.4) is 0 Å². The SMILES string of the molecule is Cc1nc(N2CCN(C(=O)CC(C)(C)C)CC2)sc1C. The monoisotopic (exact) mass is 295 g/mol. The van der Waals surface area contributed by atoms with Crippen molar-refractivity contribution in [2.45, 2.75) is 41.0 Å². The first-order valence-electron chi connectivity index (χ1n) is 7.23. The lowest BCUT2D eigenvalue weighted by atomic mass is 9.91. The maximum absolute atomic E-state index is 12.2. The van der Waals surface area contributed by atoms with Gasteiger partial charge in [0.25, 0.3) is 0 Å². The number of carbonyl (C=O) groups excluding carboxylic acids is 1. The van der Waals surface area contributed by atoms with E-state index in [1.54, 1.807) is 11.3 Å². The molecule has 0 aromatic carbocycles. The fourth-order valence-corrected chi connectivity index (χ4v) is 3.27. The first-order chi connectivity index (χ1) is 9.26. The molecule has 1 aliphatic heterocycles. The second-order valence-corrected chi connectivity index (χ2v) is 7.92. The highest BCUT2D eigenvalue weighted by atomic mass is 32.1. The predicted octanol–water partition coefficient (Wildman–Crippen LogP) is 2.84. The number of hydrogen-bond acceptors (Lipinski definition) is 4. The number of rotatable bonds is 2. The van der Waals surface area contributed by atoms with Gasteiger partial charge in [-0.2, -0.15) is 0 Å². The second-order valence-electron chi connectivity index (χ2n) is 6.74. The molecule has 0 radical (unpaired) electrons. The van der Waals surface area contributed by atoms with Crippen molar-refractivity contribution in [3.8, 4) is 0 Å². The maximum atomic E-state index is 12.2. The molecule has 1 amide bonds. The summed E-state index contributed by atoms with van der Waals surface area (Å²) in [6, 6.07) is 0. The van der Waals surface area contributed by atoms with Gasteiger partial charge in [-0.15, -0.1) is 11.3 Å². The number of anilines is 1. The van der Waals surface area contributed by atoms with Crippen LogP contribution in [0.4, 0.5) is 5.13 Å². The number of piperazine rings is 1. The lowest BCUT2D eigenvalue weighted by Gasteiger charge is -2.35. The molecule has 1 aromatic heterocycles. The van der Waals surface area contributed by atoms with Crippen molar-refractivity contribution in [3.63, 3.8) is 0 Å². The third-order valence-electron chi connectivity index (χ3n) is 3.60. The minimum Gasteiger partial charge on any atom is -0.345 e. The second kappa shape index (κ2) is 5.72. The van der Waals surface area contributed by atoms with Gasteiger partial charge >= 0.3 is 0 Å². The number of thiazole rings is 1. The predicted molar refractivity (Wildman–Crippen MR) is 84.5 cm³/mol. The van der Waals surface area contributed by atoms with Crippen molar-refractivity contribution in [2.24, 2.45) is 5.41 Å². The summed E-state index contributed by atoms with van der Waals surface area (Å²) in [6.07, 6.45) is 0.627. The van der Waals surface area contributed by atoms with Crippen LogP contribution in [-0.4, -0.2) is 42.0 Å². The van der Waals surface area contributed by atoms with Gasteiger partial charge in [0.1, 0.15) is 0 Å². The molecule has 0 atom stereocenters. The van der Waals surface area contributed by atoms with Gasteiger partial charge in [-0.1, -0.05) is 20.8 Å². The molecule has 112 valence electrons. The molecule has 2 heterocycles. The van der Waals surface area contributed by atoms with E-state index in [9.17, 15) is 4.79 Å². The Labute approximate surface area is 125 Å². The Balaban J connectivity index is 1.91. The molecule has 1 fully saturated rings. The summed E-state index contributed by atoms with van der Waals surface area (Å²) in [5.74, 6) is 0.281. The van der Waals surface area contributed by atoms with Crippen LogP contribution in [0.15, 0.2) is 0 Å². The van der Waals surface area contributed by atoms with Gasteiger partial charge in [0, 0.05) is 37.5 Å². The summed E-state index contributed by atoms with van der Waals surface area (Å²) >= 11 is 1.75. The zero-order chi connectivity index (χ0) is 14.9. The molecule has 4 nitrogen and oxygen atoms in total. The Hall–Kier alpha value is -1.10. The van der Waals surface area contributed by atoms with Crippen molar-refractivity contribution in [2.75, 3.05) is 31.1 Å². The number of nitrogens with zero attached hydrogens (tertiary/aromatic N) is 3. The van der Waals surface area contributed by atoms with E-state index in [0.717, 1.165) is 37.0 Å². The molecule has 0 saturated carbocycles. The van der Waals surface area contributed by atoms with Gasteiger partial charge in [-0.3, -0.25) is 4.79 Å². The molecule has 1 aliphatic rings. The third kappa shape index (κ3) is 3.72. The zero-order valence-corrected chi connectivity index (χ0v) is 14.0. The van der Waals surface area contributed by atoms with Crippen molar-refractivity contribution >= 4 is 22.4 Å². The van der Waals surface area contributed by atoms with Crippen LogP contribution >= 0.6 is 11.3 Å². The Morgan fingerprint density at radius 1 is 1.20 bits per heavy atom. The number of aromatic nitrogens is 1. The number of amides is 1. The van der Waals surface area contributed by atoms with Gasteiger partial charge in [-0.25, -0.2) is 4.98 Å². The Kier molecular flexibility index (Phi) is 4.37. The van der Waals surface area contributed by atoms with Gasteiger partial charge in [0.15, 0.2) is 5.13 Å². The minimum atomic E-state index is 0.0672. The molecular weight excluding hydrogens is 270 g/mol. The molecule has 0 N–H and O–H groups in total. The molecule has 0 unspecified atom stereocenters. The van der Waals surface area contributed by atoms with Crippen LogP contribution in [0.5, 0.6) is 0 Å². The molecule has 0 spiro atoms. The van der Waals surface area contributed by atoms with E-state index in [4.69, 9.17) is 0 Å². The van der Waals surface area contributed by atoms with E-state index in [1.165, 1.54) is 4.88 Å². The average Bonchev–Trinajstić information content (AvgIpc) is 2.68. The lowest BCUT2D eigenvalue weighted by molar-refractivity contribution is -0.133. The summed E-state index contributed by atoms with van der Waals surface area (Å²) in [4.78, 5) is 22.4. The van der Waals surface area contributed by atoms with Crippen molar-refractivity contribution < 1.29 is 4.79 Å². The summed E-state index contributed by atoms with van der Waals surface area (Å²) < 4.78 is 0. The quantitative estimate of drug-likeness (QED) is 0.842.